The number of carbonyl (C=O) groups excluding carboxylic acids is 1. The number of carbonyl (C=O) groups is 1. The Morgan fingerprint density at radius 1 is 1.12 bits per heavy atom. The van der Waals surface area contributed by atoms with Gasteiger partial charge in [0.15, 0.2) is 0 Å². The van der Waals surface area contributed by atoms with Gasteiger partial charge in [0, 0.05) is 32.1 Å². The van der Waals surface area contributed by atoms with Crippen LogP contribution in [-0.2, 0) is 17.9 Å². The number of hydrogen-bond donors (Lipinski definition) is 3. The lowest BCUT2D eigenvalue weighted by molar-refractivity contribution is -0.126. The standard InChI is InChI=1S/C20H31N3O2/c21-12-17-2-1-3-19(17)20(25)22-13-15-4-6-16(7-5-15)14-23-10-8-18(24)9-11-23/h4-7,17-19,24H,1-3,8-14,21H2,(H,22,25)/t17-,19-/m1/s1. The van der Waals surface area contributed by atoms with E-state index in [9.17, 15) is 9.90 Å². The van der Waals surface area contributed by atoms with Crippen molar-refractivity contribution in [2.75, 3.05) is 19.6 Å². The zero-order valence-electron chi connectivity index (χ0n) is 15.0. The van der Waals surface area contributed by atoms with Crippen molar-refractivity contribution in [3.63, 3.8) is 0 Å². The number of hydrogen-bond acceptors (Lipinski definition) is 4. The molecule has 1 aliphatic heterocycles. The predicted molar refractivity (Wildman–Crippen MR) is 98.7 cm³/mol. The molecule has 0 bridgehead atoms. The van der Waals surface area contributed by atoms with Crippen LogP contribution in [-0.4, -0.2) is 41.7 Å². The molecule has 25 heavy (non-hydrogen) atoms. The fraction of sp³-hybridized carbons (Fsp3) is 0.650. The third-order valence-electron chi connectivity index (χ3n) is 5.75. The van der Waals surface area contributed by atoms with Crippen LogP contribution in [0.2, 0.25) is 0 Å². The van der Waals surface area contributed by atoms with E-state index in [-0.39, 0.29) is 17.9 Å². The van der Waals surface area contributed by atoms with E-state index >= 15 is 0 Å². The van der Waals surface area contributed by atoms with E-state index in [0.717, 1.165) is 57.3 Å². The Kier molecular flexibility index (Phi) is 6.45. The maximum Gasteiger partial charge on any atom is 0.223 e. The number of amides is 1. The third kappa shape index (κ3) is 5.03. The van der Waals surface area contributed by atoms with E-state index in [4.69, 9.17) is 5.73 Å². The van der Waals surface area contributed by atoms with Crippen LogP contribution in [0.15, 0.2) is 24.3 Å². The number of likely N-dealkylation sites (tertiary alicyclic amines) is 1. The first-order valence-electron chi connectivity index (χ1n) is 9.61. The van der Waals surface area contributed by atoms with Crippen molar-refractivity contribution in [2.24, 2.45) is 17.6 Å². The molecule has 1 heterocycles. The highest BCUT2D eigenvalue weighted by Gasteiger charge is 2.31. The van der Waals surface area contributed by atoms with Gasteiger partial charge in [-0.2, -0.15) is 0 Å². The highest BCUT2D eigenvalue weighted by Crippen LogP contribution is 2.31. The van der Waals surface area contributed by atoms with Crippen LogP contribution in [0.3, 0.4) is 0 Å². The van der Waals surface area contributed by atoms with Gasteiger partial charge in [-0.25, -0.2) is 0 Å². The van der Waals surface area contributed by atoms with Crippen molar-refractivity contribution < 1.29 is 9.90 Å². The van der Waals surface area contributed by atoms with E-state index in [0.29, 0.717) is 19.0 Å². The monoisotopic (exact) mass is 345 g/mol. The second-order valence-electron chi connectivity index (χ2n) is 7.57. The van der Waals surface area contributed by atoms with Gasteiger partial charge in [0.25, 0.3) is 0 Å². The minimum atomic E-state index is -0.124. The topological polar surface area (TPSA) is 78.6 Å². The first-order chi connectivity index (χ1) is 12.2. The Balaban J connectivity index is 1.45. The van der Waals surface area contributed by atoms with Crippen LogP contribution in [0.1, 0.15) is 43.2 Å². The third-order valence-corrected chi connectivity index (χ3v) is 5.75. The Bertz CT molecular complexity index is 553. The molecule has 3 rings (SSSR count). The van der Waals surface area contributed by atoms with Crippen molar-refractivity contribution in [3.05, 3.63) is 35.4 Å². The fourth-order valence-electron chi connectivity index (χ4n) is 4.08. The molecule has 0 aromatic heterocycles. The number of rotatable bonds is 6. The highest BCUT2D eigenvalue weighted by atomic mass is 16.3. The maximum atomic E-state index is 12.4. The predicted octanol–water partition coefficient (Wildman–Crippen LogP) is 1.63. The molecule has 1 amide bonds. The first kappa shape index (κ1) is 18.4. The zero-order valence-corrected chi connectivity index (χ0v) is 15.0. The lowest BCUT2D eigenvalue weighted by Crippen LogP contribution is -2.35. The molecule has 2 aliphatic rings. The van der Waals surface area contributed by atoms with E-state index in [2.05, 4.69) is 34.5 Å². The van der Waals surface area contributed by atoms with Crippen LogP contribution < -0.4 is 11.1 Å². The SMILES string of the molecule is NC[C@H]1CCC[C@H]1C(=O)NCc1ccc(CN2CCC(O)CC2)cc1. The molecule has 5 nitrogen and oxygen atoms in total. The summed E-state index contributed by atoms with van der Waals surface area (Å²) < 4.78 is 0. The Hall–Kier alpha value is -1.43. The van der Waals surface area contributed by atoms with E-state index in [1.54, 1.807) is 0 Å². The van der Waals surface area contributed by atoms with E-state index in [1.807, 2.05) is 0 Å². The number of aliphatic hydroxyl groups excluding tert-OH is 1. The summed E-state index contributed by atoms with van der Waals surface area (Å²) in [7, 11) is 0. The summed E-state index contributed by atoms with van der Waals surface area (Å²) in [6.45, 7) is 4.05. The Morgan fingerprint density at radius 3 is 2.48 bits per heavy atom. The molecule has 1 aromatic rings. The minimum Gasteiger partial charge on any atom is -0.393 e. The largest absolute Gasteiger partial charge is 0.393 e. The first-order valence-corrected chi connectivity index (χ1v) is 9.61. The van der Waals surface area contributed by atoms with Gasteiger partial charge < -0.3 is 16.2 Å². The van der Waals surface area contributed by atoms with Gasteiger partial charge in [-0.3, -0.25) is 9.69 Å². The molecule has 0 radical (unpaired) electrons. The summed E-state index contributed by atoms with van der Waals surface area (Å²) in [5, 5.41) is 12.7. The maximum absolute atomic E-state index is 12.4. The number of aliphatic hydroxyl groups is 1. The average molecular weight is 345 g/mol. The van der Waals surface area contributed by atoms with Gasteiger partial charge in [0.05, 0.1) is 6.10 Å². The lowest BCUT2D eigenvalue weighted by Gasteiger charge is -2.29. The molecule has 1 aliphatic carbocycles. The summed E-state index contributed by atoms with van der Waals surface area (Å²) in [4.78, 5) is 14.7. The van der Waals surface area contributed by atoms with Crippen molar-refractivity contribution in [1.29, 1.82) is 0 Å². The number of nitrogens with one attached hydrogen (secondary N) is 1. The molecule has 1 aromatic carbocycles. The van der Waals surface area contributed by atoms with Crippen LogP contribution in [0.4, 0.5) is 0 Å². The molecule has 4 N–H and O–H groups in total. The van der Waals surface area contributed by atoms with Gasteiger partial charge in [0.2, 0.25) is 5.91 Å². The lowest BCUT2D eigenvalue weighted by atomic mass is 9.95. The van der Waals surface area contributed by atoms with Crippen LogP contribution in [0.5, 0.6) is 0 Å². The number of nitrogens with two attached hydrogens (primary N) is 1. The molecule has 1 saturated heterocycles. The number of piperidine rings is 1. The van der Waals surface area contributed by atoms with Gasteiger partial charge in [-0.15, -0.1) is 0 Å². The Labute approximate surface area is 150 Å². The summed E-state index contributed by atoms with van der Waals surface area (Å²) >= 11 is 0. The van der Waals surface area contributed by atoms with Crippen molar-refractivity contribution >= 4 is 5.91 Å². The summed E-state index contributed by atoms with van der Waals surface area (Å²) in [5.74, 6) is 0.605. The quantitative estimate of drug-likeness (QED) is 0.732. The van der Waals surface area contributed by atoms with E-state index in [1.165, 1.54) is 5.56 Å². The van der Waals surface area contributed by atoms with Crippen molar-refractivity contribution in [3.8, 4) is 0 Å². The molecule has 5 heteroatoms. The normalized spacial score (nSPS) is 25.2. The zero-order chi connectivity index (χ0) is 17.6. The van der Waals surface area contributed by atoms with Crippen LogP contribution in [0.25, 0.3) is 0 Å². The molecule has 0 spiro atoms. The average Bonchev–Trinajstić information content (AvgIpc) is 3.12. The number of benzene rings is 1. The fourth-order valence-corrected chi connectivity index (χ4v) is 4.08. The van der Waals surface area contributed by atoms with Gasteiger partial charge in [-0.1, -0.05) is 30.7 Å². The van der Waals surface area contributed by atoms with Gasteiger partial charge >= 0.3 is 0 Å². The molecular weight excluding hydrogens is 314 g/mol. The molecular formula is C20H31N3O2. The summed E-state index contributed by atoms with van der Waals surface area (Å²) in [6.07, 6.45) is 4.78. The summed E-state index contributed by atoms with van der Waals surface area (Å²) in [6, 6.07) is 8.49. The number of nitrogens with zero attached hydrogens (tertiary/aromatic N) is 1. The molecule has 1 saturated carbocycles. The minimum absolute atomic E-state index is 0.0960. The van der Waals surface area contributed by atoms with Gasteiger partial charge in [-0.05, 0) is 49.3 Å². The van der Waals surface area contributed by atoms with Crippen molar-refractivity contribution in [2.45, 2.75) is 51.3 Å². The second kappa shape index (κ2) is 8.79. The Morgan fingerprint density at radius 2 is 1.80 bits per heavy atom. The highest BCUT2D eigenvalue weighted by molar-refractivity contribution is 5.79. The summed E-state index contributed by atoms with van der Waals surface area (Å²) in [5.41, 5.74) is 8.19. The second-order valence-corrected chi connectivity index (χ2v) is 7.57. The molecule has 138 valence electrons. The molecule has 2 fully saturated rings. The van der Waals surface area contributed by atoms with Crippen molar-refractivity contribution in [1.82, 2.24) is 10.2 Å². The van der Waals surface area contributed by atoms with Crippen LogP contribution in [0, 0.1) is 11.8 Å². The molecule has 2 atom stereocenters. The molecule has 0 unspecified atom stereocenters. The van der Waals surface area contributed by atoms with Gasteiger partial charge in [0.1, 0.15) is 0 Å². The van der Waals surface area contributed by atoms with E-state index < -0.39 is 0 Å². The van der Waals surface area contributed by atoms with Crippen LogP contribution >= 0.6 is 0 Å². The smallest absolute Gasteiger partial charge is 0.223 e.